The van der Waals surface area contributed by atoms with Gasteiger partial charge in [-0.2, -0.15) is 0 Å². The molecule has 0 aromatic carbocycles. The zero-order chi connectivity index (χ0) is 9.68. The van der Waals surface area contributed by atoms with Crippen molar-refractivity contribution in [1.82, 2.24) is 5.32 Å². The largest absolute Gasteiger partial charge is 0.453 e. The van der Waals surface area contributed by atoms with Crippen LogP contribution < -0.4 is 11.1 Å². The van der Waals surface area contributed by atoms with Gasteiger partial charge in [0, 0.05) is 12.1 Å². The first-order valence-electron chi connectivity index (χ1n) is 4.84. The Hall–Kier alpha value is -0.770. The molecule has 4 nitrogen and oxygen atoms in total. The van der Waals surface area contributed by atoms with Crippen molar-refractivity contribution in [2.24, 2.45) is 5.73 Å². The van der Waals surface area contributed by atoms with Crippen LogP contribution in [0.1, 0.15) is 32.1 Å². The summed E-state index contributed by atoms with van der Waals surface area (Å²) in [5.41, 5.74) is 5.91. The standard InChI is InChI=1S/C9H18N2O2/c1-13-9(12)11-8-6-4-2-3-5-7(8)10/h7-8H,2-6,10H2,1H3,(H,11,12). The van der Waals surface area contributed by atoms with Gasteiger partial charge >= 0.3 is 6.09 Å². The molecule has 1 saturated carbocycles. The van der Waals surface area contributed by atoms with Crippen molar-refractivity contribution >= 4 is 6.09 Å². The summed E-state index contributed by atoms with van der Waals surface area (Å²) in [6, 6.07) is 0.177. The van der Waals surface area contributed by atoms with Crippen LogP contribution in [-0.4, -0.2) is 25.3 Å². The molecule has 3 N–H and O–H groups in total. The van der Waals surface area contributed by atoms with E-state index in [1.165, 1.54) is 20.0 Å². The Kier molecular flexibility index (Phi) is 4.02. The van der Waals surface area contributed by atoms with Crippen molar-refractivity contribution < 1.29 is 9.53 Å². The van der Waals surface area contributed by atoms with Gasteiger partial charge in [-0.25, -0.2) is 4.79 Å². The molecular weight excluding hydrogens is 168 g/mol. The van der Waals surface area contributed by atoms with Crippen molar-refractivity contribution in [3.8, 4) is 0 Å². The van der Waals surface area contributed by atoms with E-state index in [9.17, 15) is 4.79 Å². The first-order chi connectivity index (χ1) is 6.24. The van der Waals surface area contributed by atoms with Crippen molar-refractivity contribution in [3.05, 3.63) is 0 Å². The minimum atomic E-state index is -0.373. The maximum Gasteiger partial charge on any atom is 0.407 e. The average molecular weight is 186 g/mol. The van der Waals surface area contributed by atoms with Gasteiger partial charge in [0.2, 0.25) is 0 Å². The fourth-order valence-corrected chi connectivity index (χ4v) is 1.73. The summed E-state index contributed by atoms with van der Waals surface area (Å²) >= 11 is 0. The third-order valence-electron chi connectivity index (χ3n) is 2.56. The van der Waals surface area contributed by atoms with Gasteiger partial charge in [0.15, 0.2) is 0 Å². The van der Waals surface area contributed by atoms with Gasteiger partial charge in [0.05, 0.1) is 7.11 Å². The molecule has 0 spiro atoms. The highest BCUT2D eigenvalue weighted by Crippen LogP contribution is 2.16. The molecule has 0 radical (unpaired) electrons. The van der Waals surface area contributed by atoms with Gasteiger partial charge in [-0.15, -0.1) is 0 Å². The molecule has 4 heteroatoms. The van der Waals surface area contributed by atoms with Crippen molar-refractivity contribution in [2.45, 2.75) is 44.2 Å². The first-order valence-corrected chi connectivity index (χ1v) is 4.84. The first kappa shape index (κ1) is 10.3. The predicted octanol–water partition coefficient (Wildman–Crippen LogP) is 1.00. The lowest BCUT2D eigenvalue weighted by Gasteiger charge is -2.21. The van der Waals surface area contributed by atoms with Gasteiger partial charge in [0.1, 0.15) is 0 Å². The number of carbonyl (C=O) groups is 1. The van der Waals surface area contributed by atoms with E-state index in [0.717, 1.165) is 19.3 Å². The Bertz CT molecular complexity index is 173. The topological polar surface area (TPSA) is 64.3 Å². The number of alkyl carbamates (subject to hydrolysis) is 1. The van der Waals surface area contributed by atoms with Gasteiger partial charge in [-0.3, -0.25) is 0 Å². The maximum absolute atomic E-state index is 10.9. The van der Waals surface area contributed by atoms with Gasteiger partial charge < -0.3 is 15.8 Å². The third-order valence-corrected chi connectivity index (χ3v) is 2.56. The minimum absolute atomic E-state index is 0.0848. The molecule has 1 amide bonds. The Morgan fingerprint density at radius 3 is 2.77 bits per heavy atom. The van der Waals surface area contributed by atoms with Gasteiger partial charge in [-0.05, 0) is 12.8 Å². The summed E-state index contributed by atoms with van der Waals surface area (Å²) in [5.74, 6) is 0. The van der Waals surface area contributed by atoms with Crippen LogP contribution in [0, 0.1) is 0 Å². The normalized spacial score (nSPS) is 29.1. The van der Waals surface area contributed by atoms with E-state index < -0.39 is 0 Å². The molecule has 13 heavy (non-hydrogen) atoms. The smallest absolute Gasteiger partial charge is 0.407 e. The molecule has 1 aliphatic carbocycles. The fraction of sp³-hybridized carbons (Fsp3) is 0.889. The maximum atomic E-state index is 10.9. The van der Waals surface area contributed by atoms with Crippen LogP contribution in [0.15, 0.2) is 0 Å². The highest BCUT2D eigenvalue weighted by molar-refractivity contribution is 5.67. The summed E-state index contributed by atoms with van der Waals surface area (Å²) < 4.78 is 4.54. The van der Waals surface area contributed by atoms with Crippen molar-refractivity contribution in [3.63, 3.8) is 0 Å². The second kappa shape index (κ2) is 5.07. The Morgan fingerprint density at radius 2 is 2.08 bits per heavy atom. The van der Waals surface area contributed by atoms with E-state index in [1.807, 2.05) is 0 Å². The van der Waals surface area contributed by atoms with E-state index in [-0.39, 0.29) is 18.2 Å². The number of carbonyl (C=O) groups excluding carboxylic acids is 1. The lowest BCUT2D eigenvalue weighted by atomic mass is 10.0. The zero-order valence-electron chi connectivity index (χ0n) is 8.08. The monoisotopic (exact) mass is 186 g/mol. The highest BCUT2D eigenvalue weighted by Gasteiger charge is 2.21. The molecule has 1 fully saturated rings. The number of amides is 1. The van der Waals surface area contributed by atoms with E-state index >= 15 is 0 Å². The number of methoxy groups -OCH3 is 1. The molecule has 0 saturated heterocycles. The fourth-order valence-electron chi connectivity index (χ4n) is 1.73. The van der Waals surface area contributed by atoms with E-state index in [1.54, 1.807) is 0 Å². The molecule has 1 rings (SSSR count). The molecule has 0 bridgehead atoms. The Balaban J connectivity index is 2.40. The molecule has 0 aliphatic heterocycles. The summed E-state index contributed by atoms with van der Waals surface area (Å²) in [6.45, 7) is 0. The second-order valence-electron chi connectivity index (χ2n) is 3.54. The summed E-state index contributed by atoms with van der Waals surface area (Å²) in [6.07, 6.45) is 5.11. The second-order valence-corrected chi connectivity index (χ2v) is 3.54. The molecule has 2 unspecified atom stereocenters. The Morgan fingerprint density at radius 1 is 1.38 bits per heavy atom. The van der Waals surface area contributed by atoms with Crippen LogP contribution in [-0.2, 0) is 4.74 Å². The number of ether oxygens (including phenoxy) is 1. The van der Waals surface area contributed by atoms with Crippen LogP contribution in [0.25, 0.3) is 0 Å². The summed E-state index contributed by atoms with van der Waals surface area (Å²) in [4.78, 5) is 10.9. The molecule has 0 heterocycles. The number of hydrogen-bond donors (Lipinski definition) is 2. The number of nitrogens with one attached hydrogen (secondary N) is 1. The number of hydrogen-bond acceptors (Lipinski definition) is 3. The van der Waals surface area contributed by atoms with E-state index in [4.69, 9.17) is 5.73 Å². The van der Waals surface area contributed by atoms with Gasteiger partial charge in [-0.1, -0.05) is 19.3 Å². The SMILES string of the molecule is COC(=O)NC1CCCCCC1N. The van der Waals surface area contributed by atoms with Crippen LogP contribution in [0.2, 0.25) is 0 Å². The van der Waals surface area contributed by atoms with E-state index in [2.05, 4.69) is 10.1 Å². The lowest BCUT2D eigenvalue weighted by molar-refractivity contribution is 0.164. The highest BCUT2D eigenvalue weighted by atomic mass is 16.5. The predicted molar refractivity (Wildman–Crippen MR) is 50.4 cm³/mol. The zero-order valence-corrected chi connectivity index (χ0v) is 8.08. The number of rotatable bonds is 1. The quantitative estimate of drug-likeness (QED) is 0.600. The Labute approximate surface area is 78.8 Å². The minimum Gasteiger partial charge on any atom is -0.453 e. The molecule has 0 aromatic rings. The average Bonchev–Trinajstić information content (AvgIpc) is 2.32. The van der Waals surface area contributed by atoms with E-state index in [0.29, 0.717) is 0 Å². The molecule has 0 aromatic heterocycles. The van der Waals surface area contributed by atoms with Crippen LogP contribution in [0.5, 0.6) is 0 Å². The van der Waals surface area contributed by atoms with Gasteiger partial charge in [0.25, 0.3) is 0 Å². The molecular formula is C9H18N2O2. The van der Waals surface area contributed by atoms with Crippen LogP contribution in [0.3, 0.4) is 0 Å². The van der Waals surface area contributed by atoms with Crippen molar-refractivity contribution in [1.29, 1.82) is 0 Å². The number of nitrogens with two attached hydrogens (primary N) is 1. The van der Waals surface area contributed by atoms with Crippen molar-refractivity contribution in [2.75, 3.05) is 7.11 Å². The third kappa shape index (κ3) is 3.22. The van der Waals surface area contributed by atoms with Crippen LogP contribution >= 0.6 is 0 Å². The molecule has 76 valence electrons. The molecule has 1 aliphatic rings. The van der Waals surface area contributed by atoms with Crippen LogP contribution in [0.4, 0.5) is 4.79 Å². The lowest BCUT2D eigenvalue weighted by Crippen LogP contribution is -2.46. The summed E-state index contributed by atoms with van der Waals surface area (Å²) in [7, 11) is 1.37. The summed E-state index contributed by atoms with van der Waals surface area (Å²) in [5, 5.41) is 2.77. The molecule has 2 atom stereocenters.